The van der Waals surface area contributed by atoms with Gasteiger partial charge >= 0.3 is 5.97 Å². The van der Waals surface area contributed by atoms with E-state index in [0.29, 0.717) is 0 Å². The zero-order valence-corrected chi connectivity index (χ0v) is 18.5. The summed E-state index contributed by atoms with van der Waals surface area (Å²) in [5.74, 6) is -1.21. The maximum atomic E-state index is 13.3. The number of carboxylic acids is 1. The van der Waals surface area contributed by atoms with Crippen LogP contribution in [0.1, 0.15) is 81.1 Å². The van der Waals surface area contributed by atoms with Crippen LogP contribution < -0.4 is 5.32 Å². The van der Waals surface area contributed by atoms with Gasteiger partial charge in [-0.25, -0.2) is 4.79 Å². The maximum Gasteiger partial charge on any atom is 0.331 e. The van der Waals surface area contributed by atoms with Crippen molar-refractivity contribution in [2.45, 2.75) is 93.2 Å². The fourth-order valence-corrected chi connectivity index (χ4v) is 3.70. The molecule has 0 aliphatic heterocycles. The van der Waals surface area contributed by atoms with Crippen molar-refractivity contribution in [3.8, 4) is 0 Å². The van der Waals surface area contributed by atoms with Crippen molar-refractivity contribution in [2.24, 2.45) is 17.3 Å². The third kappa shape index (κ3) is 7.82. The number of hydrogen-bond donors (Lipinski definition) is 2. The van der Waals surface area contributed by atoms with Crippen LogP contribution >= 0.6 is 0 Å². The lowest BCUT2D eigenvalue weighted by atomic mass is 9.83. The molecule has 1 fully saturated rings. The number of likely N-dealkylation sites (N-methyl/N-ethyl adjacent to an activating group) is 1. The molecule has 29 heavy (non-hydrogen) atoms. The second kappa shape index (κ2) is 11.4. The first kappa shape index (κ1) is 27.1. The largest absolute Gasteiger partial charge is 0.478 e. The molecular weight excluding hydrogens is 368 g/mol. The predicted molar refractivity (Wildman–Crippen MR) is 117 cm³/mol. The highest BCUT2D eigenvalue weighted by Crippen LogP contribution is 2.27. The van der Waals surface area contributed by atoms with Crippen molar-refractivity contribution in [2.75, 3.05) is 7.05 Å². The summed E-state index contributed by atoms with van der Waals surface area (Å²) in [6.07, 6.45) is 6.65. The summed E-state index contributed by atoms with van der Waals surface area (Å²) in [4.78, 5) is 38.9. The van der Waals surface area contributed by atoms with Gasteiger partial charge in [0.05, 0.1) is 6.04 Å². The number of nitrogens with zero attached hydrogens (tertiary/aromatic N) is 1. The number of carboxylic acid groups (broad SMARTS) is 1. The van der Waals surface area contributed by atoms with Gasteiger partial charge in [0.25, 0.3) is 0 Å². The van der Waals surface area contributed by atoms with Crippen LogP contribution in [0.4, 0.5) is 0 Å². The van der Waals surface area contributed by atoms with Gasteiger partial charge in [-0.15, -0.1) is 0 Å². The lowest BCUT2D eigenvalue weighted by Gasteiger charge is -2.38. The van der Waals surface area contributed by atoms with Crippen LogP contribution in [0.25, 0.3) is 0 Å². The first-order chi connectivity index (χ1) is 12.9. The molecule has 0 heterocycles. The molecule has 1 aliphatic carbocycles. The van der Waals surface area contributed by atoms with Crippen LogP contribution in [-0.4, -0.2) is 46.9 Å². The Kier molecular flexibility index (Phi) is 10.6. The van der Waals surface area contributed by atoms with E-state index in [9.17, 15) is 19.5 Å². The highest BCUT2D eigenvalue weighted by molar-refractivity contribution is 5.90. The Hall–Kier alpha value is -1.85. The van der Waals surface area contributed by atoms with Crippen LogP contribution in [0.3, 0.4) is 0 Å². The Morgan fingerprint density at radius 2 is 1.62 bits per heavy atom. The highest BCUT2D eigenvalue weighted by atomic mass is 16.4. The van der Waals surface area contributed by atoms with E-state index in [-0.39, 0.29) is 42.7 Å². The molecule has 6 heteroatoms. The van der Waals surface area contributed by atoms with Crippen molar-refractivity contribution < 1.29 is 19.5 Å². The fraction of sp³-hybridized carbons (Fsp3) is 0.783. The summed E-state index contributed by atoms with van der Waals surface area (Å²) in [6.45, 7) is 11.2. The van der Waals surface area contributed by atoms with Crippen LogP contribution in [-0.2, 0) is 14.4 Å². The first-order valence-electron chi connectivity index (χ1n) is 10.3. The lowest BCUT2D eigenvalue weighted by Crippen LogP contribution is -2.57. The molecule has 0 aromatic heterocycles. The third-order valence-corrected chi connectivity index (χ3v) is 5.61. The molecule has 6 nitrogen and oxygen atoms in total. The molecular formula is C23H42N2O4. The summed E-state index contributed by atoms with van der Waals surface area (Å²) < 4.78 is 0. The maximum absolute atomic E-state index is 13.3. The van der Waals surface area contributed by atoms with E-state index in [0.717, 1.165) is 25.7 Å². The topological polar surface area (TPSA) is 86.7 Å². The van der Waals surface area contributed by atoms with Crippen molar-refractivity contribution in [1.29, 1.82) is 0 Å². The van der Waals surface area contributed by atoms with E-state index in [1.807, 2.05) is 34.6 Å². The standard InChI is InChI=1S/C22H38N2O4.CH4/c1-14(2)17(13-15(3)21(27)28)24(7)20(26)18(22(4,5)6)23-19(25)16-11-9-8-10-12-16;/h13-14,16-18H,8-12H2,1-7H3,(H,23,25)(H,27,28);1H4/b15-13+;/t17-,18-;/m1./s1. The second-order valence-corrected chi connectivity index (χ2v) is 9.48. The van der Waals surface area contributed by atoms with E-state index in [2.05, 4.69) is 5.32 Å². The van der Waals surface area contributed by atoms with Gasteiger partial charge in [-0.3, -0.25) is 9.59 Å². The molecule has 1 rings (SSSR count). The van der Waals surface area contributed by atoms with Gasteiger partial charge in [0, 0.05) is 18.5 Å². The minimum absolute atomic E-state index is 0. The summed E-state index contributed by atoms with van der Waals surface area (Å²) in [5.41, 5.74) is -0.250. The molecule has 0 radical (unpaired) electrons. The Bertz CT molecular complexity index is 598. The molecule has 1 saturated carbocycles. The number of amides is 2. The molecule has 0 aromatic carbocycles. The van der Waals surface area contributed by atoms with Gasteiger partial charge in [0.2, 0.25) is 11.8 Å². The van der Waals surface area contributed by atoms with Gasteiger partial charge in [0.15, 0.2) is 0 Å². The first-order valence-corrected chi connectivity index (χ1v) is 10.3. The molecule has 168 valence electrons. The number of carbonyl (C=O) groups excluding carboxylic acids is 2. The van der Waals surface area contributed by atoms with Gasteiger partial charge < -0.3 is 15.3 Å². The van der Waals surface area contributed by atoms with E-state index >= 15 is 0 Å². The van der Waals surface area contributed by atoms with Crippen LogP contribution in [0.5, 0.6) is 0 Å². The second-order valence-electron chi connectivity index (χ2n) is 9.48. The number of rotatable bonds is 7. The number of aliphatic carboxylic acids is 1. The molecule has 0 saturated heterocycles. The zero-order chi connectivity index (χ0) is 21.6. The monoisotopic (exact) mass is 410 g/mol. The average molecular weight is 411 g/mol. The van der Waals surface area contributed by atoms with Crippen molar-refractivity contribution in [3.05, 3.63) is 11.6 Å². The Balaban J connectivity index is 0.00000784. The lowest BCUT2D eigenvalue weighted by molar-refractivity contribution is -0.141. The van der Waals surface area contributed by atoms with Gasteiger partial charge in [0.1, 0.15) is 6.04 Å². The molecule has 0 aromatic rings. The van der Waals surface area contributed by atoms with Crippen molar-refractivity contribution >= 4 is 17.8 Å². The summed E-state index contributed by atoms with van der Waals surface area (Å²) in [6, 6.07) is -1.02. The summed E-state index contributed by atoms with van der Waals surface area (Å²) in [7, 11) is 1.68. The van der Waals surface area contributed by atoms with Gasteiger partial charge in [-0.1, -0.05) is 67.4 Å². The highest BCUT2D eigenvalue weighted by Gasteiger charge is 2.38. The zero-order valence-electron chi connectivity index (χ0n) is 18.5. The van der Waals surface area contributed by atoms with E-state index in [1.165, 1.54) is 13.3 Å². The predicted octanol–water partition coefficient (Wildman–Crippen LogP) is 4.25. The summed E-state index contributed by atoms with van der Waals surface area (Å²) >= 11 is 0. The van der Waals surface area contributed by atoms with Gasteiger partial charge in [-0.2, -0.15) is 0 Å². The van der Waals surface area contributed by atoms with Crippen molar-refractivity contribution in [1.82, 2.24) is 10.2 Å². The van der Waals surface area contributed by atoms with E-state index in [4.69, 9.17) is 0 Å². The molecule has 0 spiro atoms. The van der Waals surface area contributed by atoms with Crippen molar-refractivity contribution in [3.63, 3.8) is 0 Å². The molecule has 2 atom stereocenters. The molecule has 2 N–H and O–H groups in total. The van der Waals surface area contributed by atoms with E-state index < -0.39 is 17.4 Å². The Labute approximate surface area is 177 Å². The molecule has 2 amide bonds. The Morgan fingerprint density at radius 1 is 1.10 bits per heavy atom. The number of nitrogens with one attached hydrogen (secondary N) is 1. The smallest absolute Gasteiger partial charge is 0.331 e. The minimum Gasteiger partial charge on any atom is -0.478 e. The Morgan fingerprint density at radius 3 is 2.03 bits per heavy atom. The molecule has 1 aliphatic rings. The fourth-order valence-electron chi connectivity index (χ4n) is 3.70. The average Bonchev–Trinajstić information content (AvgIpc) is 2.61. The number of hydrogen-bond acceptors (Lipinski definition) is 3. The van der Waals surface area contributed by atoms with E-state index in [1.54, 1.807) is 18.0 Å². The van der Waals surface area contributed by atoms with Crippen LogP contribution in [0.2, 0.25) is 0 Å². The SMILES string of the molecule is C.C/C(=C\[C@H](C(C)C)N(C)C(=O)[C@@H](NC(=O)C1CCCCC1)C(C)(C)C)C(=O)O. The minimum atomic E-state index is -0.996. The quantitative estimate of drug-likeness (QED) is 0.614. The molecule has 0 bridgehead atoms. The van der Waals surface area contributed by atoms with Gasteiger partial charge in [-0.05, 0) is 31.1 Å². The number of carbonyl (C=O) groups is 3. The normalized spacial score (nSPS) is 17.9. The van der Waals surface area contributed by atoms with Crippen LogP contribution in [0, 0.1) is 17.3 Å². The van der Waals surface area contributed by atoms with Crippen LogP contribution in [0.15, 0.2) is 11.6 Å². The molecule has 0 unspecified atom stereocenters. The third-order valence-electron chi connectivity index (χ3n) is 5.61. The summed E-state index contributed by atoms with van der Waals surface area (Å²) in [5, 5.41) is 12.2.